The minimum Gasteiger partial charge on any atom is -0.396 e. The second-order valence-electron chi connectivity index (χ2n) is 3.99. The molecule has 15 heavy (non-hydrogen) atoms. The van der Waals surface area contributed by atoms with Crippen molar-refractivity contribution in [2.45, 2.75) is 31.7 Å². The molecule has 0 aromatic carbocycles. The largest absolute Gasteiger partial charge is 0.396 e. The number of urea groups is 1. The van der Waals surface area contributed by atoms with E-state index < -0.39 is 0 Å². The molecule has 1 aliphatic rings. The topological polar surface area (TPSA) is 61.4 Å². The van der Waals surface area contributed by atoms with Gasteiger partial charge in [0, 0.05) is 25.1 Å². The van der Waals surface area contributed by atoms with Crippen molar-refractivity contribution in [1.82, 2.24) is 10.6 Å². The van der Waals surface area contributed by atoms with Crippen LogP contribution in [-0.2, 0) is 0 Å². The van der Waals surface area contributed by atoms with Crippen LogP contribution < -0.4 is 10.6 Å². The molecule has 0 aromatic heterocycles. The lowest BCUT2D eigenvalue weighted by molar-refractivity contribution is 0.174. The van der Waals surface area contributed by atoms with E-state index in [0.29, 0.717) is 18.3 Å². The van der Waals surface area contributed by atoms with Crippen LogP contribution in [0.25, 0.3) is 0 Å². The maximum absolute atomic E-state index is 11.3. The summed E-state index contributed by atoms with van der Waals surface area (Å²) in [6, 6.07) is 0.117. The van der Waals surface area contributed by atoms with Crippen LogP contribution in [-0.4, -0.2) is 36.2 Å². The van der Waals surface area contributed by atoms with Gasteiger partial charge in [-0.05, 0) is 31.6 Å². The van der Waals surface area contributed by atoms with Gasteiger partial charge in [-0.2, -0.15) is 0 Å². The maximum atomic E-state index is 11.3. The Labute approximate surface area is 95.4 Å². The molecular formula is C10H19ClN2O2. The summed E-state index contributed by atoms with van der Waals surface area (Å²) < 4.78 is 0. The number of carbonyl (C=O) groups excluding carboxylic acids is 1. The van der Waals surface area contributed by atoms with Crippen LogP contribution in [0.1, 0.15) is 25.7 Å². The standard InChI is InChI=1S/C10H19ClN2O2/c11-5-6-12-10(15)13-9-3-1-8(7-14)2-4-9/h8-9,14H,1-7H2,(H2,12,13,15). The molecule has 1 aliphatic carbocycles. The van der Waals surface area contributed by atoms with Crippen LogP contribution in [0.3, 0.4) is 0 Å². The molecule has 0 unspecified atom stereocenters. The molecule has 1 saturated carbocycles. The zero-order valence-electron chi connectivity index (χ0n) is 8.84. The zero-order valence-corrected chi connectivity index (χ0v) is 9.59. The third-order valence-electron chi connectivity index (χ3n) is 2.82. The quantitative estimate of drug-likeness (QED) is 0.638. The highest BCUT2D eigenvalue weighted by molar-refractivity contribution is 6.18. The van der Waals surface area contributed by atoms with Gasteiger partial charge < -0.3 is 15.7 Å². The summed E-state index contributed by atoms with van der Waals surface area (Å²) in [6.45, 7) is 0.768. The lowest BCUT2D eigenvalue weighted by Gasteiger charge is -2.27. The van der Waals surface area contributed by atoms with E-state index >= 15 is 0 Å². The number of amides is 2. The SMILES string of the molecule is O=C(NCCCl)NC1CCC(CO)CC1. The first-order chi connectivity index (χ1) is 7.26. The van der Waals surface area contributed by atoms with E-state index in [0.717, 1.165) is 25.7 Å². The van der Waals surface area contributed by atoms with Crippen molar-refractivity contribution < 1.29 is 9.90 Å². The van der Waals surface area contributed by atoms with Gasteiger partial charge in [0.2, 0.25) is 0 Å². The predicted octanol–water partition coefficient (Wildman–Crippen LogP) is 1.08. The Bertz CT molecular complexity index is 194. The summed E-state index contributed by atoms with van der Waals surface area (Å²) in [5.41, 5.74) is 0. The molecule has 1 rings (SSSR count). The fourth-order valence-electron chi connectivity index (χ4n) is 1.89. The molecular weight excluding hydrogens is 216 g/mol. The van der Waals surface area contributed by atoms with Gasteiger partial charge in [0.05, 0.1) is 0 Å². The lowest BCUT2D eigenvalue weighted by atomic mass is 9.87. The van der Waals surface area contributed by atoms with Crippen LogP contribution in [0.5, 0.6) is 0 Å². The molecule has 88 valence electrons. The van der Waals surface area contributed by atoms with Gasteiger partial charge in [0.1, 0.15) is 0 Å². The molecule has 1 fully saturated rings. The number of nitrogens with one attached hydrogen (secondary N) is 2. The molecule has 0 spiro atoms. The maximum Gasteiger partial charge on any atom is 0.315 e. The summed E-state index contributed by atoms with van der Waals surface area (Å²) in [4.78, 5) is 11.3. The number of alkyl halides is 1. The van der Waals surface area contributed by atoms with Crippen LogP contribution in [0, 0.1) is 5.92 Å². The first kappa shape index (κ1) is 12.6. The summed E-state index contributed by atoms with van der Waals surface area (Å²) >= 11 is 5.46. The number of carbonyl (C=O) groups is 1. The van der Waals surface area contributed by atoms with Gasteiger partial charge in [-0.3, -0.25) is 0 Å². The molecule has 0 aliphatic heterocycles. The van der Waals surface area contributed by atoms with Crippen molar-refractivity contribution in [3.05, 3.63) is 0 Å². The normalized spacial score (nSPS) is 26.0. The molecule has 0 atom stereocenters. The molecule has 0 aromatic rings. The van der Waals surface area contributed by atoms with Crippen molar-refractivity contribution in [3.8, 4) is 0 Å². The third kappa shape index (κ3) is 4.71. The minimum atomic E-state index is -0.136. The summed E-state index contributed by atoms with van der Waals surface area (Å²) in [7, 11) is 0. The fourth-order valence-corrected chi connectivity index (χ4v) is 1.98. The second kappa shape index (κ2) is 6.90. The van der Waals surface area contributed by atoms with Gasteiger partial charge >= 0.3 is 6.03 Å². The van der Waals surface area contributed by atoms with Gasteiger partial charge in [-0.15, -0.1) is 11.6 Å². The number of aliphatic hydroxyl groups excluding tert-OH is 1. The van der Waals surface area contributed by atoms with Crippen molar-refractivity contribution in [2.75, 3.05) is 19.0 Å². The average molecular weight is 235 g/mol. The number of rotatable bonds is 4. The molecule has 0 heterocycles. The molecule has 2 amide bonds. The fraction of sp³-hybridized carbons (Fsp3) is 0.900. The predicted molar refractivity (Wildman–Crippen MR) is 60.1 cm³/mol. The van der Waals surface area contributed by atoms with Gasteiger partial charge in [0.25, 0.3) is 0 Å². The average Bonchev–Trinajstić information content (AvgIpc) is 2.27. The zero-order chi connectivity index (χ0) is 11.1. The highest BCUT2D eigenvalue weighted by atomic mass is 35.5. The van der Waals surface area contributed by atoms with Crippen LogP contribution in [0.15, 0.2) is 0 Å². The molecule has 5 heteroatoms. The third-order valence-corrected chi connectivity index (χ3v) is 3.01. The minimum absolute atomic E-state index is 0.136. The Hall–Kier alpha value is -0.480. The van der Waals surface area contributed by atoms with Crippen LogP contribution >= 0.6 is 11.6 Å². The van der Waals surface area contributed by atoms with E-state index in [4.69, 9.17) is 16.7 Å². The highest BCUT2D eigenvalue weighted by Gasteiger charge is 2.21. The van der Waals surface area contributed by atoms with E-state index in [1.807, 2.05) is 0 Å². The Morgan fingerprint density at radius 1 is 1.33 bits per heavy atom. The van der Waals surface area contributed by atoms with Crippen molar-refractivity contribution >= 4 is 17.6 Å². The van der Waals surface area contributed by atoms with Crippen LogP contribution in [0.2, 0.25) is 0 Å². The van der Waals surface area contributed by atoms with E-state index in [2.05, 4.69) is 10.6 Å². The van der Waals surface area contributed by atoms with E-state index in [-0.39, 0.29) is 18.7 Å². The van der Waals surface area contributed by atoms with E-state index in [1.54, 1.807) is 0 Å². The number of hydrogen-bond donors (Lipinski definition) is 3. The van der Waals surface area contributed by atoms with E-state index in [1.165, 1.54) is 0 Å². The summed E-state index contributed by atoms with van der Waals surface area (Å²) in [5.74, 6) is 0.860. The monoisotopic (exact) mass is 234 g/mol. The smallest absolute Gasteiger partial charge is 0.315 e. The molecule has 0 saturated heterocycles. The van der Waals surface area contributed by atoms with Crippen molar-refractivity contribution in [2.24, 2.45) is 5.92 Å². The Morgan fingerprint density at radius 3 is 2.53 bits per heavy atom. The lowest BCUT2D eigenvalue weighted by Crippen LogP contribution is -2.44. The molecule has 0 bridgehead atoms. The number of halogens is 1. The summed E-state index contributed by atoms with van der Waals surface area (Å²) in [6.07, 6.45) is 3.91. The van der Waals surface area contributed by atoms with Crippen molar-refractivity contribution in [3.63, 3.8) is 0 Å². The Balaban J connectivity index is 2.15. The number of aliphatic hydroxyl groups is 1. The Morgan fingerprint density at radius 2 is 2.00 bits per heavy atom. The first-order valence-corrected chi connectivity index (χ1v) is 6.01. The van der Waals surface area contributed by atoms with Crippen LogP contribution in [0.4, 0.5) is 4.79 Å². The highest BCUT2D eigenvalue weighted by Crippen LogP contribution is 2.23. The molecule has 0 radical (unpaired) electrons. The van der Waals surface area contributed by atoms with Gasteiger partial charge in [0.15, 0.2) is 0 Å². The first-order valence-electron chi connectivity index (χ1n) is 5.47. The van der Waals surface area contributed by atoms with E-state index in [9.17, 15) is 4.79 Å². The Kier molecular flexibility index (Phi) is 5.79. The second-order valence-corrected chi connectivity index (χ2v) is 4.37. The van der Waals surface area contributed by atoms with Crippen molar-refractivity contribution in [1.29, 1.82) is 0 Å². The molecule has 4 nitrogen and oxygen atoms in total. The van der Waals surface area contributed by atoms with Gasteiger partial charge in [-0.1, -0.05) is 0 Å². The van der Waals surface area contributed by atoms with Gasteiger partial charge in [-0.25, -0.2) is 4.79 Å². The summed E-state index contributed by atoms with van der Waals surface area (Å²) in [5, 5.41) is 14.5. The number of hydrogen-bond acceptors (Lipinski definition) is 2. The molecule has 3 N–H and O–H groups in total.